The standard InChI is InChI=1S/C20H27N7O3/c28-20(16-14-15(21-22-16)17-2-1-11-30-17)27-7-5-25(6-8-27)18-3-4-19(24-23-18)26-9-12-29-13-10-26/h1-4,11,15-16,21-22H,5-10,12-14H2. The summed E-state index contributed by atoms with van der Waals surface area (Å²) in [5.74, 6) is 2.73. The molecule has 30 heavy (non-hydrogen) atoms. The van der Waals surface area contributed by atoms with E-state index in [1.54, 1.807) is 6.26 Å². The maximum atomic E-state index is 12.9. The van der Waals surface area contributed by atoms with Crippen LogP contribution in [0.3, 0.4) is 0 Å². The first-order chi connectivity index (χ1) is 14.8. The zero-order valence-corrected chi connectivity index (χ0v) is 16.9. The second kappa shape index (κ2) is 8.58. The predicted octanol–water partition coefficient (Wildman–Crippen LogP) is 0.163. The molecule has 0 bridgehead atoms. The maximum absolute atomic E-state index is 12.9. The smallest absolute Gasteiger partial charge is 0.241 e. The van der Waals surface area contributed by atoms with E-state index in [4.69, 9.17) is 9.15 Å². The molecule has 10 heteroatoms. The number of hydrazine groups is 1. The van der Waals surface area contributed by atoms with E-state index in [9.17, 15) is 4.79 Å². The number of furan rings is 1. The Hall–Kier alpha value is -2.69. The van der Waals surface area contributed by atoms with Gasteiger partial charge in [0.1, 0.15) is 11.8 Å². The Labute approximate surface area is 175 Å². The molecular formula is C20H27N7O3. The van der Waals surface area contributed by atoms with Crippen LogP contribution in [0.5, 0.6) is 0 Å². The number of morpholine rings is 1. The van der Waals surface area contributed by atoms with Gasteiger partial charge in [0, 0.05) is 39.3 Å². The van der Waals surface area contributed by atoms with Gasteiger partial charge in [-0.05, 0) is 30.7 Å². The molecular weight excluding hydrogens is 386 g/mol. The van der Waals surface area contributed by atoms with Crippen molar-refractivity contribution in [1.29, 1.82) is 0 Å². The number of ether oxygens (including phenoxy) is 1. The van der Waals surface area contributed by atoms with Crippen molar-refractivity contribution in [2.45, 2.75) is 18.5 Å². The number of carbonyl (C=O) groups is 1. The minimum atomic E-state index is -0.237. The van der Waals surface area contributed by atoms with Gasteiger partial charge in [-0.2, -0.15) is 0 Å². The molecule has 1 amide bonds. The topological polar surface area (TPSA) is 99.0 Å². The third-order valence-corrected chi connectivity index (χ3v) is 5.97. The van der Waals surface area contributed by atoms with Crippen LogP contribution in [-0.4, -0.2) is 79.5 Å². The Kier molecular flexibility index (Phi) is 5.52. The number of aromatic nitrogens is 2. The maximum Gasteiger partial charge on any atom is 0.241 e. The van der Waals surface area contributed by atoms with Gasteiger partial charge in [0.05, 0.1) is 25.5 Å². The molecule has 3 aliphatic heterocycles. The summed E-state index contributed by atoms with van der Waals surface area (Å²) in [5, 5.41) is 8.82. The molecule has 0 aromatic carbocycles. The van der Waals surface area contributed by atoms with Gasteiger partial charge in [0.25, 0.3) is 0 Å². The molecule has 5 heterocycles. The number of carbonyl (C=O) groups excluding carboxylic acids is 1. The monoisotopic (exact) mass is 413 g/mol. The molecule has 0 spiro atoms. The lowest BCUT2D eigenvalue weighted by Crippen LogP contribution is -2.53. The first-order valence-corrected chi connectivity index (χ1v) is 10.5. The number of nitrogens with zero attached hydrogens (tertiary/aromatic N) is 5. The van der Waals surface area contributed by atoms with Crippen molar-refractivity contribution in [3.63, 3.8) is 0 Å². The third-order valence-electron chi connectivity index (χ3n) is 5.97. The summed E-state index contributed by atoms with van der Waals surface area (Å²) in [6, 6.07) is 7.62. The van der Waals surface area contributed by atoms with Gasteiger partial charge in [-0.25, -0.2) is 10.9 Å². The summed E-state index contributed by atoms with van der Waals surface area (Å²) < 4.78 is 10.8. The highest BCUT2D eigenvalue weighted by Gasteiger charge is 2.35. The average molecular weight is 413 g/mol. The molecule has 2 atom stereocenters. The van der Waals surface area contributed by atoms with Crippen LogP contribution in [-0.2, 0) is 9.53 Å². The van der Waals surface area contributed by atoms with E-state index >= 15 is 0 Å². The van der Waals surface area contributed by atoms with Gasteiger partial charge in [0.2, 0.25) is 5.91 Å². The molecule has 3 fully saturated rings. The highest BCUT2D eigenvalue weighted by Crippen LogP contribution is 2.24. The van der Waals surface area contributed by atoms with E-state index in [2.05, 4.69) is 30.8 Å². The lowest BCUT2D eigenvalue weighted by Gasteiger charge is -2.36. The number of piperazine rings is 1. The average Bonchev–Trinajstić information content (AvgIpc) is 3.52. The second-order valence-electron chi connectivity index (χ2n) is 7.81. The number of hydrogen-bond donors (Lipinski definition) is 2. The fourth-order valence-electron chi connectivity index (χ4n) is 4.22. The first kappa shape index (κ1) is 19.3. The van der Waals surface area contributed by atoms with Crippen molar-refractivity contribution in [3.8, 4) is 0 Å². The van der Waals surface area contributed by atoms with Gasteiger partial charge >= 0.3 is 0 Å². The summed E-state index contributed by atoms with van der Waals surface area (Å²) in [7, 11) is 0. The van der Waals surface area contributed by atoms with Crippen molar-refractivity contribution >= 4 is 17.5 Å². The third kappa shape index (κ3) is 3.98. The molecule has 0 aliphatic carbocycles. The number of rotatable bonds is 4. The van der Waals surface area contributed by atoms with Crippen LogP contribution >= 0.6 is 0 Å². The zero-order chi connectivity index (χ0) is 20.3. The molecule has 160 valence electrons. The van der Waals surface area contributed by atoms with Crippen molar-refractivity contribution in [1.82, 2.24) is 25.9 Å². The second-order valence-corrected chi connectivity index (χ2v) is 7.81. The van der Waals surface area contributed by atoms with Crippen LogP contribution in [0.4, 0.5) is 11.6 Å². The Morgan fingerprint density at radius 1 is 0.933 bits per heavy atom. The summed E-state index contributed by atoms with van der Waals surface area (Å²) in [6.45, 7) is 6.00. The molecule has 2 N–H and O–H groups in total. The van der Waals surface area contributed by atoms with E-state index < -0.39 is 0 Å². The highest BCUT2D eigenvalue weighted by molar-refractivity contribution is 5.82. The summed E-state index contributed by atoms with van der Waals surface area (Å²) in [6.07, 6.45) is 2.34. The van der Waals surface area contributed by atoms with E-state index in [-0.39, 0.29) is 18.0 Å². The van der Waals surface area contributed by atoms with Crippen molar-refractivity contribution < 1.29 is 13.9 Å². The molecule has 10 nitrogen and oxygen atoms in total. The first-order valence-electron chi connectivity index (χ1n) is 10.5. The van der Waals surface area contributed by atoms with E-state index in [0.29, 0.717) is 19.5 Å². The van der Waals surface area contributed by atoms with Crippen LogP contribution < -0.4 is 20.7 Å². The largest absolute Gasteiger partial charge is 0.468 e. The van der Waals surface area contributed by atoms with Crippen molar-refractivity contribution in [2.75, 3.05) is 62.3 Å². The van der Waals surface area contributed by atoms with Gasteiger partial charge < -0.3 is 23.9 Å². The minimum Gasteiger partial charge on any atom is -0.468 e. The number of anilines is 2. The molecule has 0 saturated carbocycles. The molecule has 3 aliphatic rings. The van der Waals surface area contributed by atoms with Gasteiger partial charge in [-0.15, -0.1) is 10.2 Å². The summed E-state index contributed by atoms with van der Waals surface area (Å²) in [4.78, 5) is 19.2. The van der Waals surface area contributed by atoms with Gasteiger partial charge in [-0.1, -0.05) is 0 Å². The number of nitrogens with one attached hydrogen (secondary N) is 2. The summed E-state index contributed by atoms with van der Waals surface area (Å²) >= 11 is 0. The molecule has 2 aromatic rings. The lowest BCUT2D eigenvalue weighted by atomic mass is 10.1. The molecule has 5 rings (SSSR count). The molecule has 2 unspecified atom stereocenters. The predicted molar refractivity (Wildman–Crippen MR) is 110 cm³/mol. The van der Waals surface area contributed by atoms with Gasteiger partial charge in [0.15, 0.2) is 11.6 Å². The SMILES string of the molecule is O=C(C1CC(c2ccco2)NN1)N1CCN(c2ccc(N3CCOCC3)nn2)CC1. The van der Waals surface area contributed by atoms with Crippen LogP contribution in [0.2, 0.25) is 0 Å². The van der Waals surface area contributed by atoms with E-state index in [1.807, 2.05) is 29.2 Å². The highest BCUT2D eigenvalue weighted by atomic mass is 16.5. The Balaban J connectivity index is 1.13. The van der Waals surface area contributed by atoms with Crippen molar-refractivity contribution in [3.05, 3.63) is 36.3 Å². The summed E-state index contributed by atoms with van der Waals surface area (Å²) in [5.41, 5.74) is 6.29. The van der Waals surface area contributed by atoms with Crippen LogP contribution in [0.15, 0.2) is 34.9 Å². The number of hydrogen-bond acceptors (Lipinski definition) is 9. The van der Waals surface area contributed by atoms with Crippen LogP contribution in [0.25, 0.3) is 0 Å². The quantitative estimate of drug-likeness (QED) is 0.726. The van der Waals surface area contributed by atoms with Crippen LogP contribution in [0.1, 0.15) is 18.2 Å². The lowest BCUT2D eigenvalue weighted by molar-refractivity contribution is -0.133. The fraction of sp³-hybridized carbons (Fsp3) is 0.550. The normalized spacial score (nSPS) is 25.0. The van der Waals surface area contributed by atoms with Crippen molar-refractivity contribution in [2.24, 2.45) is 0 Å². The van der Waals surface area contributed by atoms with E-state index in [1.165, 1.54) is 0 Å². The minimum absolute atomic E-state index is 0.0236. The Morgan fingerprint density at radius 3 is 2.27 bits per heavy atom. The number of amides is 1. The Morgan fingerprint density at radius 2 is 1.63 bits per heavy atom. The fourth-order valence-corrected chi connectivity index (χ4v) is 4.22. The molecule has 0 radical (unpaired) electrons. The molecule has 2 aromatic heterocycles. The Bertz CT molecular complexity index is 831. The molecule has 3 saturated heterocycles. The van der Waals surface area contributed by atoms with E-state index in [0.717, 1.165) is 56.8 Å². The van der Waals surface area contributed by atoms with Gasteiger partial charge in [-0.3, -0.25) is 4.79 Å². The zero-order valence-electron chi connectivity index (χ0n) is 16.9. The van der Waals surface area contributed by atoms with Crippen LogP contribution in [0, 0.1) is 0 Å².